The van der Waals surface area contributed by atoms with Gasteiger partial charge in [0.2, 0.25) is 0 Å². The van der Waals surface area contributed by atoms with Crippen LogP contribution in [0.15, 0.2) is 142 Å². The molecule has 0 atom stereocenters. The highest BCUT2D eigenvalue weighted by atomic mass is 16.3. The van der Waals surface area contributed by atoms with E-state index >= 15 is 0 Å². The van der Waals surface area contributed by atoms with Crippen molar-refractivity contribution in [1.29, 1.82) is 0 Å². The Labute approximate surface area is 260 Å². The molecular formula is C42H22N2O2. The second-order valence-electron chi connectivity index (χ2n) is 12.4. The van der Waals surface area contributed by atoms with Gasteiger partial charge < -0.3 is 17.8 Å². The van der Waals surface area contributed by atoms with Gasteiger partial charge in [0.1, 0.15) is 22.3 Å². The van der Waals surface area contributed by atoms with Gasteiger partial charge in [-0.2, -0.15) is 0 Å². The second kappa shape index (κ2) is 7.87. The summed E-state index contributed by atoms with van der Waals surface area (Å²) < 4.78 is 18.3. The predicted octanol–water partition coefficient (Wildman–Crippen LogP) is 11.7. The SMILES string of the molecule is c1ccc(-n2c3ccccc3c3cc4c5c6oc7ccccc7c6ccc5n5c6ccc7c8ccccc8oc7c6c(c32)c45)cc1. The molecule has 5 aromatic heterocycles. The van der Waals surface area contributed by atoms with Gasteiger partial charge in [-0.05, 0) is 60.7 Å². The second-order valence-corrected chi connectivity index (χ2v) is 12.4. The van der Waals surface area contributed by atoms with E-state index in [1.807, 2.05) is 12.1 Å². The lowest BCUT2D eigenvalue weighted by atomic mass is 10.0. The van der Waals surface area contributed by atoms with Crippen molar-refractivity contribution in [3.63, 3.8) is 0 Å². The molecule has 0 saturated carbocycles. The molecule has 4 nitrogen and oxygen atoms in total. The van der Waals surface area contributed by atoms with Crippen LogP contribution in [0.4, 0.5) is 0 Å². The summed E-state index contributed by atoms with van der Waals surface area (Å²) in [5.41, 5.74) is 10.7. The van der Waals surface area contributed by atoms with Crippen LogP contribution in [-0.2, 0) is 0 Å². The fourth-order valence-corrected chi connectivity index (χ4v) is 8.42. The summed E-state index contributed by atoms with van der Waals surface area (Å²) in [6, 6.07) is 47.6. The molecule has 46 heavy (non-hydrogen) atoms. The molecule has 0 amide bonds. The molecule has 12 rings (SSSR count). The third-order valence-electron chi connectivity index (χ3n) is 10.2. The number of benzene rings is 7. The standard InChI is InChI=1S/C42H22N2O2/c1-2-10-23(11-3-1)43-31-15-7-4-12-24(31)29-22-30-36-32(20-18-27-25-13-5-8-16-34(25)45-41(27)36)44-33-21-19-28-26-14-6-9-17-35(26)46-42(28)37(33)38(39(29)43)40(30)44/h1-22H. The maximum Gasteiger partial charge on any atom is 0.145 e. The number of hydrogen-bond acceptors (Lipinski definition) is 2. The van der Waals surface area contributed by atoms with E-state index in [-0.39, 0.29) is 0 Å². The van der Waals surface area contributed by atoms with Crippen LogP contribution >= 0.6 is 0 Å². The lowest BCUT2D eigenvalue weighted by molar-refractivity contribution is 0.672. The first kappa shape index (κ1) is 23.2. The molecule has 0 N–H and O–H groups in total. The van der Waals surface area contributed by atoms with Crippen molar-refractivity contribution >= 4 is 104 Å². The topological polar surface area (TPSA) is 35.6 Å². The third kappa shape index (κ3) is 2.57. The van der Waals surface area contributed by atoms with Crippen molar-refractivity contribution in [3.05, 3.63) is 133 Å². The summed E-state index contributed by atoms with van der Waals surface area (Å²) in [5.74, 6) is 0. The van der Waals surface area contributed by atoms with Gasteiger partial charge in [-0.3, -0.25) is 0 Å². The van der Waals surface area contributed by atoms with Gasteiger partial charge in [0, 0.05) is 48.8 Å². The zero-order chi connectivity index (χ0) is 29.7. The summed E-state index contributed by atoms with van der Waals surface area (Å²) in [6.45, 7) is 0. The molecule has 4 heteroatoms. The number of furan rings is 2. The molecule has 0 radical (unpaired) electrons. The van der Waals surface area contributed by atoms with Crippen LogP contribution in [0.2, 0.25) is 0 Å². The van der Waals surface area contributed by atoms with Gasteiger partial charge in [-0.25, -0.2) is 0 Å². The van der Waals surface area contributed by atoms with Crippen molar-refractivity contribution in [1.82, 2.24) is 8.97 Å². The Morgan fingerprint density at radius 1 is 0.370 bits per heavy atom. The molecule has 0 aliphatic rings. The molecule has 0 spiro atoms. The van der Waals surface area contributed by atoms with Crippen LogP contribution in [-0.4, -0.2) is 8.97 Å². The fraction of sp³-hybridized carbons (Fsp3) is 0. The van der Waals surface area contributed by atoms with E-state index in [1.54, 1.807) is 0 Å². The summed E-state index contributed by atoms with van der Waals surface area (Å²) in [4.78, 5) is 0. The minimum atomic E-state index is 0.906. The Kier molecular flexibility index (Phi) is 3.96. The van der Waals surface area contributed by atoms with Crippen LogP contribution in [0.5, 0.6) is 0 Å². The Hall–Kier alpha value is -6.26. The first-order chi connectivity index (χ1) is 22.8. The molecule has 0 bridgehead atoms. The van der Waals surface area contributed by atoms with E-state index in [9.17, 15) is 0 Å². The van der Waals surface area contributed by atoms with Crippen LogP contribution < -0.4 is 0 Å². The number of hydrogen-bond donors (Lipinski definition) is 0. The molecule has 0 aliphatic heterocycles. The lowest BCUT2D eigenvalue weighted by Gasteiger charge is -2.09. The maximum absolute atomic E-state index is 6.78. The van der Waals surface area contributed by atoms with Crippen molar-refractivity contribution in [3.8, 4) is 5.69 Å². The van der Waals surface area contributed by atoms with Gasteiger partial charge in [0.05, 0.1) is 38.4 Å². The molecule has 0 saturated heterocycles. The van der Waals surface area contributed by atoms with Gasteiger partial charge >= 0.3 is 0 Å². The van der Waals surface area contributed by atoms with Gasteiger partial charge in [-0.1, -0.05) is 72.8 Å². The highest BCUT2D eigenvalue weighted by Crippen LogP contribution is 2.50. The largest absolute Gasteiger partial charge is 0.455 e. The monoisotopic (exact) mass is 586 g/mol. The van der Waals surface area contributed by atoms with Gasteiger partial charge in [-0.15, -0.1) is 0 Å². The highest BCUT2D eigenvalue weighted by Gasteiger charge is 2.28. The Balaban J connectivity index is 1.44. The lowest BCUT2D eigenvalue weighted by Crippen LogP contribution is -1.93. The minimum absolute atomic E-state index is 0.906. The Morgan fingerprint density at radius 3 is 1.67 bits per heavy atom. The van der Waals surface area contributed by atoms with E-state index in [2.05, 4.69) is 130 Å². The van der Waals surface area contributed by atoms with Crippen LogP contribution in [0.25, 0.3) is 109 Å². The minimum Gasteiger partial charge on any atom is -0.455 e. The molecule has 0 unspecified atom stereocenters. The van der Waals surface area contributed by atoms with Crippen LogP contribution in [0.1, 0.15) is 0 Å². The fourth-order valence-electron chi connectivity index (χ4n) is 8.42. The third-order valence-corrected chi connectivity index (χ3v) is 10.2. The van der Waals surface area contributed by atoms with E-state index in [4.69, 9.17) is 8.83 Å². The zero-order valence-electron chi connectivity index (χ0n) is 24.4. The van der Waals surface area contributed by atoms with Crippen molar-refractivity contribution in [2.45, 2.75) is 0 Å². The van der Waals surface area contributed by atoms with Gasteiger partial charge in [0.15, 0.2) is 0 Å². The van der Waals surface area contributed by atoms with Gasteiger partial charge in [0.25, 0.3) is 0 Å². The highest BCUT2D eigenvalue weighted by molar-refractivity contribution is 6.39. The number of nitrogens with zero attached hydrogens (tertiary/aromatic N) is 2. The molecule has 12 aromatic rings. The molecule has 0 aliphatic carbocycles. The molecule has 0 fully saturated rings. The van der Waals surface area contributed by atoms with E-state index in [1.165, 1.54) is 38.1 Å². The summed E-state index contributed by atoms with van der Waals surface area (Å²) >= 11 is 0. The number of para-hydroxylation sites is 4. The van der Waals surface area contributed by atoms with E-state index in [0.717, 1.165) is 71.4 Å². The van der Waals surface area contributed by atoms with E-state index < -0.39 is 0 Å². The summed E-state index contributed by atoms with van der Waals surface area (Å²) in [7, 11) is 0. The smallest absolute Gasteiger partial charge is 0.145 e. The number of fused-ring (bicyclic) bond motifs is 18. The summed E-state index contributed by atoms with van der Waals surface area (Å²) in [5, 5.41) is 11.7. The Bertz CT molecular complexity index is 3240. The molecule has 5 heterocycles. The first-order valence-electron chi connectivity index (χ1n) is 15.7. The Morgan fingerprint density at radius 2 is 0.957 bits per heavy atom. The van der Waals surface area contributed by atoms with E-state index in [0.29, 0.717) is 0 Å². The summed E-state index contributed by atoms with van der Waals surface area (Å²) in [6.07, 6.45) is 0. The number of aromatic nitrogens is 2. The maximum atomic E-state index is 6.78. The van der Waals surface area contributed by atoms with Crippen molar-refractivity contribution in [2.24, 2.45) is 0 Å². The average Bonchev–Trinajstić information content (AvgIpc) is 3.90. The normalized spacial score (nSPS) is 12.8. The molecule has 7 aromatic carbocycles. The average molecular weight is 587 g/mol. The van der Waals surface area contributed by atoms with Crippen molar-refractivity contribution in [2.75, 3.05) is 0 Å². The van der Waals surface area contributed by atoms with Crippen LogP contribution in [0.3, 0.4) is 0 Å². The molecular weight excluding hydrogens is 564 g/mol. The predicted molar refractivity (Wildman–Crippen MR) is 190 cm³/mol. The first-order valence-corrected chi connectivity index (χ1v) is 15.7. The van der Waals surface area contributed by atoms with Crippen molar-refractivity contribution < 1.29 is 8.83 Å². The quantitative estimate of drug-likeness (QED) is 0.192. The number of rotatable bonds is 1. The zero-order valence-corrected chi connectivity index (χ0v) is 24.4. The molecule has 212 valence electrons. The van der Waals surface area contributed by atoms with Crippen LogP contribution in [0, 0.1) is 0 Å².